The second-order valence-corrected chi connectivity index (χ2v) is 5.06. The Hall–Kier alpha value is -0.120. The lowest BCUT2D eigenvalue weighted by Gasteiger charge is -2.30. The van der Waals surface area contributed by atoms with Crippen LogP contribution in [0.3, 0.4) is 0 Å². The van der Waals surface area contributed by atoms with Crippen molar-refractivity contribution < 1.29 is 0 Å². The fourth-order valence-corrected chi connectivity index (χ4v) is 2.36. The van der Waals surface area contributed by atoms with Crippen molar-refractivity contribution in [1.29, 1.82) is 0 Å². The van der Waals surface area contributed by atoms with Gasteiger partial charge < -0.3 is 16.0 Å². The molecule has 0 aromatic carbocycles. The molecular formula is C11H25N3. The van der Waals surface area contributed by atoms with Crippen LogP contribution < -0.4 is 11.1 Å². The summed E-state index contributed by atoms with van der Waals surface area (Å²) in [5.74, 6) is 0.838. The molecule has 1 aliphatic carbocycles. The Labute approximate surface area is 88.0 Å². The number of likely N-dealkylation sites (N-methyl/N-ethyl adjacent to an activating group) is 1. The summed E-state index contributed by atoms with van der Waals surface area (Å²) in [6.45, 7) is 5.25. The predicted octanol–water partition coefficient (Wildman–Crippen LogP) is 0.655. The van der Waals surface area contributed by atoms with Gasteiger partial charge in [-0.05, 0) is 39.3 Å². The molecule has 3 nitrogen and oxygen atoms in total. The molecule has 0 aromatic heterocycles. The second kappa shape index (κ2) is 5.10. The van der Waals surface area contributed by atoms with Gasteiger partial charge in [0.25, 0.3) is 0 Å². The second-order valence-electron chi connectivity index (χ2n) is 5.06. The third-order valence-corrected chi connectivity index (χ3v) is 3.30. The minimum Gasteiger partial charge on any atom is -0.329 e. The van der Waals surface area contributed by atoms with Crippen molar-refractivity contribution in [3.05, 3.63) is 0 Å². The van der Waals surface area contributed by atoms with Gasteiger partial charge in [0, 0.05) is 25.2 Å². The molecule has 3 N–H and O–H groups in total. The van der Waals surface area contributed by atoms with Gasteiger partial charge in [-0.2, -0.15) is 0 Å². The maximum Gasteiger partial charge on any atom is 0.0307 e. The van der Waals surface area contributed by atoms with Crippen LogP contribution in [0.15, 0.2) is 0 Å². The lowest BCUT2D eigenvalue weighted by atomic mass is 9.96. The smallest absolute Gasteiger partial charge is 0.0307 e. The zero-order valence-electron chi connectivity index (χ0n) is 9.84. The Bertz CT molecular complexity index is 170. The first-order chi connectivity index (χ1) is 6.58. The van der Waals surface area contributed by atoms with Crippen molar-refractivity contribution in [2.45, 2.75) is 31.7 Å². The highest BCUT2D eigenvalue weighted by Crippen LogP contribution is 2.33. The fraction of sp³-hybridized carbons (Fsp3) is 1.00. The summed E-state index contributed by atoms with van der Waals surface area (Å²) in [5.41, 5.74) is 6.12. The van der Waals surface area contributed by atoms with Crippen molar-refractivity contribution in [2.75, 3.05) is 33.7 Å². The molecule has 0 spiro atoms. The first kappa shape index (κ1) is 12.0. The molecule has 0 saturated heterocycles. The van der Waals surface area contributed by atoms with Gasteiger partial charge in [0.05, 0.1) is 0 Å². The molecule has 14 heavy (non-hydrogen) atoms. The molecule has 0 radical (unpaired) electrons. The summed E-state index contributed by atoms with van der Waals surface area (Å²) < 4.78 is 0. The summed E-state index contributed by atoms with van der Waals surface area (Å²) in [5, 5.41) is 3.64. The normalized spacial score (nSPS) is 32.8. The van der Waals surface area contributed by atoms with Crippen LogP contribution in [-0.2, 0) is 0 Å². The Balaban J connectivity index is 2.31. The quantitative estimate of drug-likeness (QED) is 0.683. The van der Waals surface area contributed by atoms with Crippen LogP contribution >= 0.6 is 0 Å². The molecule has 0 heterocycles. The van der Waals surface area contributed by atoms with Crippen molar-refractivity contribution in [2.24, 2.45) is 11.7 Å². The third-order valence-electron chi connectivity index (χ3n) is 3.30. The first-order valence-electron chi connectivity index (χ1n) is 5.68. The van der Waals surface area contributed by atoms with Gasteiger partial charge in [-0.3, -0.25) is 0 Å². The van der Waals surface area contributed by atoms with Gasteiger partial charge in [0.15, 0.2) is 0 Å². The number of nitrogens with two attached hydrogens (primary N) is 1. The van der Waals surface area contributed by atoms with E-state index in [1.807, 2.05) is 0 Å². The summed E-state index contributed by atoms with van der Waals surface area (Å²) >= 11 is 0. The lowest BCUT2D eigenvalue weighted by molar-refractivity contribution is 0.304. The van der Waals surface area contributed by atoms with E-state index in [4.69, 9.17) is 5.73 Å². The van der Waals surface area contributed by atoms with Gasteiger partial charge in [-0.15, -0.1) is 0 Å². The predicted molar refractivity (Wildman–Crippen MR) is 61.4 cm³/mol. The van der Waals surface area contributed by atoms with Crippen LogP contribution in [0, 0.1) is 5.92 Å². The van der Waals surface area contributed by atoms with E-state index >= 15 is 0 Å². The minimum atomic E-state index is 0.245. The molecule has 1 fully saturated rings. The van der Waals surface area contributed by atoms with E-state index < -0.39 is 0 Å². The van der Waals surface area contributed by atoms with E-state index in [2.05, 4.69) is 31.2 Å². The molecule has 1 rings (SSSR count). The van der Waals surface area contributed by atoms with Crippen LogP contribution in [0.2, 0.25) is 0 Å². The summed E-state index contributed by atoms with van der Waals surface area (Å²) in [7, 11) is 4.21. The van der Waals surface area contributed by atoms with Crippen molar-refractivity contribution >= 4 is 0 Å². The lowest BCUT2D eigenvalue weighted by Crippen LogP contribution is -2.51. The molecule has 0 aromatic rings. The van der Waals surface area contributed by atoms with Gasteiger partial charge in [-0.25, -0.2) is 0 Å². The molecule has 3 heteroatoms. The summed E-state index contributed by atoms with van der Waals surface area (Å²) in [6.07, 6.45) is 3.82. The molecule has 0 aliphatic heterocycles. The zero-order valence-corrected chi connectivity index (χ0v) is 9.84. The van der Waals surface area contributed by atoms with Crippen molar-refractivity contribution in [3.63, 3.8) is 0 Å². The Morgan fingerprint density at radius 1 is 1.50 bits per heavy atom. The maximum atomic E-state index is 5.87. The topological polar surface area (TPSA) is 41.3 Å². The van der Waals surface area contributed by atoms with Crippen LogP contribution in [0.4, 0.5) is 0 Å². The number of hydrogen-bond acceptors (Lipinski definition) is 3. The van der Waals surface area contributed by atoms with E-state index in [9.17, 15) is 0 Å². The van der Waals surface area contributed by atoms with Crippen molar-refractivity contribution in [1.82, 2.24) is 10.2 Å². The van der Waals surface area contributed by atoms with Crippen LogP contribution in [0.1, 0.15) is 26.2 Å². The number of hydrogen-bond donors (Lipinski definition) is 2. The highest BCUT2D eigenvalue weighted by Gasteiger charge is 2.35. The SMILES string of the molecule is CC1CCC(CN)(NCCN(C)C)C1. The van der Waals surface area contributed by atoms with Crippen molar-refractivity contribution in [3.8, 4) is 0 Å². The fourth-order valence-electron chi connectivity index (χ4n) is 2.36. The third kappa shape index (κ3) is 3.23. The van der Waals surface area contributed by atoms with Gasteiger partial charge >= 0.3 is 0 Å². The average molecular weight is 199 g/mol. The van der Waals surface area contributed by atoms with Crippen LogP contribution in [-0.4, -0.2) is 44.2 Å². The van der Waals surface area contributed by atoms with Gasteiger partial charge in [0.2, 0.25) is 0 Å². The van der Waals surface area contributed by atoms with E-state index in [-0.39, 0.29) is 5.54 Å². The van der Waals surface area contributed by atoms with E-state index in [0.29, 0.717) is 0 Å². The molecule has 2 atom stereocenters. The molecule has 1 aliphatic rings. The Morgan fingerprint density at radius 2 is 2.21 bits per heavy atom. The molecule has 2 unspecified atom stereocenters. The molecule has 1 saturated carbocycles. The number of nitrogens with zero attached hydrogens (tertiary/aromatic N) is 1. The minimum absolute atomic E-state index is 0.245. The van der Waals surface area contributed by atoms with E-state index in [1.54, 1.807) is 0 Å². The Kier molecular flexibility index (Phi) is 4.35. The standard InChI is InChI=1S/C11H25N3/c1-10-4-5-11(8-10,9-12)13-6-7-14(2)3/h10,13H,4-9,12H2,1-3H3. The molecule has 0 amide bonds. The number of nitrogens with one attached hydrogen (secondary N) is 1. The first-order valence-corrected chi connectivity index (χ1v) is 5.68. The van der Waals surface area contributed by atoms with Gasteiger partial charge in [0.1, 0.15) is 0 Å². The van der Waals surface area contributed by atoms with E-state index in [1.165, 1.54) is 19.3 Å². The highest BCUT2D eigenvalue weighted by atomic mass is 15.1. The summed E-state index contributed by atoms with van der Waals surface area (Å²) in [4.78, 5) is 2.20. The molecular weight excluding hydrogens is 174 g/mol. The highest BCUT2D eigenvalue weighted by molar-refractivity contribution is 4.96. The Morgan fingerprint density at radius 3 is 2.64 bits per heavy atom. The monoisotopic (exact) mass is 199 g/mol. The largest absolute Gasteiger partial charge is 0.329 e. The molecule has 84 valence electrons. The van der Waals surface area contributed by atoms with Crippen LogP contribution in [0.25, 0.3) is 0 Å². The van der Waals surface area contributed by atoms with E-state index in [0.717, 1.165) is 25.6 Å². The number of rotatable bonds is 5. The summed E-state index contributed by atoms with van der Waals surface area (Å²) in [6, 6.07) is 0. The van der Waals surface area contributed by atoms with Crippen LogP contribution in [0.5, 0.6) is 0 Å². The zero-order chi connectivity index (χ0) is 10.6. The molecule has 0 bridgehead atoms. The maximum absolute atomic E-state index is 5.87. The van der Waals surface area contributed by atoms with Gasteiger partial charge in [-0.1, -0.05) is 6.92 Å². The average Bonchev–Trinajstić information content (AvgIpc) is 2.48.